The predicted octanol–water partition coefficient (Wildman–Crippen LogP) is 1.27. The topological polar surface area (TPSA) is 39.8 Å². The second-order valence-electron chi connectivity index (χ2n) is 3.55. The number of H-pyrrole nitrogens is 1. The summed E-state index contributed by atoms with van der Waals surface area (Å²) in [6.07, 6.45) is 3.98. The van der Waals surface area contributed by atoms with Crippen molar-refractivity contribution < 1.29 is 0 Å². The summed E-state index contributed by atoms with van der Waals surface area (Å²) < 4.78 is 0. The highest BCUT2D eigenvalue weighted by atomic mass is 15.0. The monoisotopic (exact) mass is 181 g/mol. The third-order valence-electron chi connectivity index (χ3n) is 2.10. The molecule has 0 radical (unpaired) electrons. The summed E-state index contributed by atoms with van der Waals surface area (Å²) in [5, 5.41) is 6.69. The first-order valence-electron chi connectivity index (χ1n) is 4.77. The van der Waals surface area contributed by atoms with Crippen molar-refractivity contribution in [3.8, 4) is 0 Å². The molecule has 0 aliphatic heterocycles. The van der Waals surface area contributed by atoms with Crippen LogP contribution in [0.5, 0.6) is 0 Å². The molecular formula is C10H19N3. The average molecular weight is 181 g/mol. The minimum Gasteiger partial charge on any atom is -0.367 e. The van der Waals surface area contributed by atoms with E-state index in [9.17, 15) is 0 Å². The summed E-state index contributed by atoms with van der Waals surface area (Å²) in [6, 6.07) is 3.03. The molecule has 1 heterocycles. The van der Waals surface area contributed by atoms with Crippen LogP contribution in [0.3, 0.4) is 0 Å². The van der Waals surface area contributed by atoms with Crippen molar-refractivity contribution in [1.29, 1.82) is 0 Å². The third-order valence-corrected chi connectivity index (χ3v) is 2.10. The van der Waals surface area contributed by atoms with Gasteiger partial charge in [-0.15, -0.1) is 0 Å². The lowest BCUT2D eigenvalue weighted by molar-refractivity contribution is 0.491. The number of nitrogens with one attached hydrogen (secondary N) is 3. The van der Waals surface area contributed by atoms with Crippen molar-refractivity contribution in [3.63, 3.8) is 0 Å². The predicted molar refractivity (Wildman–Crippen MR) is 55.7 cm³/mol. The van der Waals surface area contributed by atoms with Crippen LogP contribution in [0.25, 0.3) is 0 Å². The van der Waals surface area contributed by atoms with Gasteiger partial charge in [-0.2, -0.15) is 0 Å². The Labute approximate surface area is 79.9 Å². The Morgan fingerprint density at radius 1 is 1.46 bits per heavy atom. The van der Waals surface area contributed by atoms with E-state index < -0.39 is 0 Å². The van der Waals surface area contributed by atoms with Crippen molar-refractivity contribution in [1.82, 2.24) is 15.6 Å². The first-order valence-corrected chi connectivity index (χ1v) is 4.77. The molecule has 0 aliphatic rings. The van der Waals surface area contributed by atoms with E-state index in [0.717, 1.165) is 6.54 Å². The van der Waals surface area contributed by atoms with E-state index in [4.69, 9.17) is 0 Å². The van der Waals surface area contributed by atoms with E-state index in [1.54, 1.807) is 0 Å². The summed E-state index contributed by atoms with van der Waals surface area (Å²) in [6.45, 7) is 5.28. The summed E-state index contributed by atoms with van der Waals surface area (Å²) in [5.41, 5.74) is 1.30. The van der Waals surface area contributed by atoms with Gasteiger partial charge < -0.3 is 15.6 Å². The fraction of sp³-hybridized carbons (Fsp3) is 0.600. The maximum absolute atomic E-state index is 3.41. The fourth-order valence-electron chi connectivity index (χ4n) is 1.29. The van der Waals surface area contributed by atoms with Gasteiger partial charge >= 0.3 is 0 Å². The van der Waals surface area contributed by atoms with Gasteiger partial charge in [-0.05, 0) is 18.7 Å². The SMILES string of the molecule is CNC(CNC(C)C)c1cc[nH]c1. The largest absolute Gasteiger partial charge is 0.367 e. The molecule has 1 aromatic heterocycles. The quantitative estimate of drug-likeness (QED) is 0.640. The summed E-state index contributed by atoms with van der Waals surface area (Å²) in [4.78, 5) is 3.06. The Balaban J connectivity index is 2.44. The van der Waals surface area contributed by atoms with Crippen molar-refractivity contribution >= 4 is 0 Å². The molecule has 0 saturated heterocycles. The van der Waals surface area contributed by atoms with Gasteiger partial charge in [0.15, 0.2) is 0 Å². The Kier molecular flexibility index (Phi) is 3.99. The number of rotatable bonds is 5. The zero-order valence-corrected chi connectivity index (χ0v) is 8.59. The van der Waals surface area contributed by atoms with Gasteiger partial charge in [0.25, 0.3) is 0 Å². The molecule has 0 aromatic carbocycles. The Bertz CT molecular complexity index is 216. The van der Waals surface area contributed by atoms with Crippen molar-refractivity contribution in [2.24, 2.45) is 0 Å². The molecule has 0 fully saturated rings. The first kappa shape index (κ1) is 10.3. The Morgan fingerprint density at radius 3 is 2.69 bits per heavy atom. The molecule has 0 spiro atoms. The van der Waals surface area contributed by atoms with E-state index in [1.807, 2.05) is 19.4 Å². The van der Waals surface area contributed by atoms with Gasteiger partial charge in [0.1, 0.15) is 0 Å². The lowest BCUT2D eigenvalue weighted by Gasteiger charge is -2.17. The van der Waals surface area contributed by atoms with Gasteiger partial charge in [0.2, 0.25) is 0 Å². The molecule has 13 heavy (non-hydrogen) atoms. The van der Waals surface area contributed by atoms with Gasteiger partial charge in [0, 0.05) is 31.0 Å². The molecule has 0 amide bonds. The highest BCUT2D eigenvalue weighted by Gasteiger charge is 2.08. The minimum atomic E-state index is 0.397. The lowest BCUT2D eigenvalue weighted by Crippen LogP contribution is -2.33. The number of hydrogen-bond donors (Lipinski definition) is 3. The van der Waals surface area contributed by atoms with Gasteiger partial charge in [0.05, 0.1) is 0 Å². The molecule has 74 valence electrons. The van der Waals surface area contributed by atoms with E-state index in [-0.39, 0.29) is 0 Å². The molecule has 0 saturated carbocycles. The van der Waals surface area contributed by atoms with Crippen LogP contribution in [-0.4, -0.2) is 24.6 Å². The first-order chi connectivity index (χ1) is 6.24. The second kappa shape index (κ2) is 5.04. The average Bonchev–Trinajstić information content (AvgIpc) is 2.58. The Morgan fingerprint density at radius 2 is 2.23 bits per heavy atom. The summed E-state index contributed by atoms with van der Waals surface area (Å²) >= 11 is 0. The minimum absolute atomic E-state index is 0.397. The lowest BCUT2D eigenvalue weighted by atomic mass is 10.1. The van der Waals surface area contributed by atoms with Crippen molar-refractivity contribution in [2.75, 3.05) is 13.6 Å². The summed E-state index contributed by atoms with van der Waals surface area (Å²) in [7, 11) is 1.99. The third kappa shape index (κ3) is 3.20. The molecule has 1 unspecified atom stereocenters. The van der Waals surface area contributed by atoms with Crippen LogP contribution in [0.1, 0.15) is 25.5 Å². The van der Waals surface area contributed by atoms with E-state index in [0.29, 0.717) is 12.1 Å². The molecule has 1 aromatic rings. The maximum atomic E-state index is 3.41. The van der Waals surface area contributed by atoms with Crippen LogP contribution in [0.2, 0.25) is 0 Å². The zero-order valence-electron chi connectivity index (χ0n) is 8.59. The summed E-state index contributed by atoms with van der Waals surface area (Å²) in [5.74, 6) is 0. The number of aromatic amines is 1. The van der Waals surface area contributed by atoms with Crippen LogP contribution >= 0.6 is 0 Å². The highest BCUT2D eigenvalue weighted by Crippen LogP contribution is 2.09. The smallest absolute Gasteiger partial charge is 0.0459 e. The number of hydrogen-bond acceptors (Lipinski definition) is 2. The number of aromatic nitrogens is 1. The van der Waals surface area contributed by atoms with Crippen LogP contribution in [-0.2, 0) is 0 Å². The van der Waals surface area contributed by atoms with Crippen molar-refractivity contribution in [2.45, 2.75) is 25.9 Å². The maximum Gasteiger partial charge on any atom is 0.0459 e. The fourth-order valence-corrected chi connectivity index (χ4v) is 1.29. The van der Waals surface area contributed by atoms with Crippen LogP contribution in [0.15, 0.2) is 18.5 Å². The van der Waals surface area contributed by atoms with E-state index in [2.05, 4.69) is 35.5 Å². The zero-order chi connectivity index (χ0) is 9.68. The van der Waals surface area contributed by atoms with Gasteiger partial charge in [-0.25, -0.2) is 0 Å². The standard InChI is InChI=1S/C10H19N3/c1-8(2)13-7-10(11-3)9-4-5-12-6-9/h4-6,8,10-13H,7H2,1-3H3. The van der Waals surface area contributed by atoms with Crippen LogP contribution < -0.4 is 10.6 Å². The molecular weight excluding hydrogens is 162 g/mol. The molecule has 3 heteroatoms. The molecule has 1 rings (SSSR count). The molecule has 3 nitrogen and oxygen atoms in total. The molecule has 0 aliphatic carbocycles. The normalized spacial score (nSPS) is 13.5. The number of likely N-dealkylation sites (N-methyl/N-ethyl adjacent to an activating group) is 1. The highest BCUT2D eigenvalue weighted by molar-refractivity contribution is 5.14. The van der Waals surface area contributed by atoms with Crippen molar-refractivity contribution in [3.05, 3.63) is 24.0 Å². The Hall–Kier alpha value is -0.800. The second-order valence-corrected chi connectivity index (χ2v) is 3.55. The van der Waals surface area contributed by atoms with Gasteiger partial charge in [-0.1, -0.05) is 13.8 Å². The van der Waals surface area contributed by atoms with Crippen LogP contribution in [0.4, 0.5) is 0 Å². The van der Waals surface area contributed by atoms with Gasteiger partial charge in [-0.3, -0.25) is 0 Å². The van der Waals surface area contributed by atoms with E-state index >= 15 is 0 Å². The molecule has 0 bridgehead atoms. The molecule has 1 atom stereocenters. The van der Waals surface area contributed by atoms with E-state index in [1.165, 1.54) is 5.56 Å². The molecule has 3 N–H and O–H groups in total. The van der Waals surface area contributed by atoms with Crippen LogP contribution in [0, 0.1) is 0 Å².